The van der Waals surface area contributed by atoms with Gasteiger partial charge >= 0.3 is 6.03 Å². The molecule has 0 spiro atoms. The summed E-state index contributed by atoms with van der Waals surface area (Å²) < 4.78 is 14.9. The molecule has 2 saturated heterocycles. The van der Waals surface area contributed by atoms with E-state index in [1.807, 2.05) is 30.3 Å². The molecule has 4 aromatic rings. The highest BCUT2D eigenvalue weighted by molar-refractivity contribution is 7.16. The Morgan fingerprint density at radius 1 is 1.07 bits per heavy atom. The largest absolute Gasteiger partial charge is 0.508 e. The minimum atomic E-state index is -0.898. The number of carbonyl (C=O) groups excluding carboxylic acids is 3. The van der Waals surface area contributed by atoms with Crippen LogP contribution in [0.25, 0.3) is 10.2 Å². The number of hydrogen-bond donors (Lipinski definition) is 2. The number of amides is 4. The van der Waals surface area contributed by atoms with Crippen LogP contribution in [0.1, 0.15) is 36.5 Å². The number of phenolic OH excluding ortho intramolecular Hbond substituents is 1. The van der Waals surface area contributed by atoms with Gasteiger partial charge in [0, 0.05) is 26.1 Å². The molecule has 234 valence electrons. The molecule has 0 saturated carbocycles. The van der Waals surface area contributed by atoms with E-state index in [9.17, 15) is 23.9 Å². The van der Waals surface area contributed by atoms with E-state index in [1.54, 1.807) is 55.7 Å². The summed E-state index contributed by atoms with van der Waals surface area (Å²) in [7, 11) is 0. The van der Waals surface area contributed by atoms with Gasteiger partial charge in [0.05, 0.1) is 28.8 Å². The highest BCUT2D eigenvalue weighted by Gasteiger charge is 2.51. The average molecular weight is 631 g/mol. The number of benzene rings is 3. The number of nitrogens with one attached hydrogen (secondary N) is 1. The molecule has 12 heteroatoms. The van der Waals surface area contributed by atoms with Crippen molar-refractivity contribution in [2.45, 2.75) is 51.5 Å². The van der Waals surface area contributed by atoms with Crippen molar-refractivity contribution in [2.75, 3.05) is 19.6 Å². The maximum absolute atomic E-state index is 14.5. The molecule has 0 bridgehead atoms. The zero-order valence-electron chi connectivity index (χ0n) is 24.9. The number of thiazole rings is 1. The molecule has 10 nitrogen and oxygen atoms in total. The highest BCUT2D eigenvalue weighted by atomic mass is 32.1. The number of hydrazine groups is 1. The first-order valence-corrected chi connectivity index (χ1v) is 16.0. The second kappa shape index (κ2) is 13.2. The van der Waals surface area contributed by atoms with Gasteiger partial charge in [0.15, 0.2) is 0 Å². The molecule has 0 unspecified atom stereocenters. The number of aromatic hydroxyl groups is 1. The van der Waals surface area contributed by atoms with Crippen molar-refractivity contribution in [1.82, 2.24) is 30.1 Å². The van der Waals surface area contributed by atoms with Crippen LogP contribution in [-0.2, 0) is 29.1 Å². The van der Waals surface area contributed by atoms with Crippen LogP contribution in [-0.4, -0.2) is 79.6 Å². The maximum Gasteiger partial charge on any atom is 0.334 e. The fourth-order valence-electron chi connectivity index (χ4n) is 6.09. The van der Waals surface area contributed by atoms with E-state index >= 15 is 0 Å². The van der Waals surface area contributed by atoms with Gasteiger partial charge in [-0.25, -0.2) is 24.2 Å². The smallest absolute Gasteiger partial charge is 0.334 e. The van der Waals surface area contributed by atoms with Crippen molar-refractivity contribution in [3.8, 4) is 5.75 Å². The zero-order valence-corrected chi connectivity index (χ0v) is 25.8. The lowest BCUT2D eigenvalue weighted by Gasteiger charge is -2.55. The summed E-state index contributed by atoms with van der Waals surface area (Å²) in [5, 5.41) is 16.3. The Hall–Kier alpha value is -4.55. The third-order valence-electron chi connectivity index (χ3n) is 8.34. The molecule has 3 heterocycles. The molecule has 2 N–H and O–H groups in total. The minimum absolute atomic E-state index is 0.0357. The third kappa shape index (κ3) is 6.34. The number of hydrogen-bond acceptors (Lipinski definition) is 7. The second-order valence-electron chi connectivity index (χ2n) is 11.4. The molecule has 2 aliphatic rings. The van der Waals surface area contributed by atoms with Crippen LogP contribution in [0.4, 0.5) is 9.18 Å². The van der Waals surface area contributed by atoms with Gasteiger partial charge in [0.2, 0.25) is 11.8 Å². The van der Waals surface area contributed by atoms with Crippen LogP contribution in [0.15, 0.2) is 72.2 Å². The molecule has 2 atom stereocenters. The van der Waals surface area contributed by atoms with E-state index in [4.69, 9.17) is 0 Å². The van der Waals surface area contributed by atoms with Crippen LogP contribution < -0.4 is 5.32 Å². The molecule has 2 aliphatic heterocycles. The van der Waals surface area contributed by atoms with Crippen LogP contribution in [0.5, 0.6) is 5.75 Å². The van der Waals surface area contributed by atoms with Gasteiger partial charge in [-0.3, -0.25) is 9.59 Å². The Balaban J connectivity index is 1.37. The monoisotopic (exact) mass is 630 g/mol. The normalized spacial score (nSPS) is 18.8. The summed E-state index contributed by atoms with van der Waals surface area (Å²) >= 11 is 1.20. The number of phenols is 1. The molecule has 45 heavy (non-hydrogen) atoms. The Bertz CT molecular complexity index is 1680. The first-order valence-electron chi connectivity index (χ1n) is 15.1. The first kappa shape index (κ1) is 30.5. The van der Waals surface area contributed by atoms with Crippen molar-refractivity contribution >= 4 is 39.4 Å². The predicted octanol–water partition coefficient (Wildman–Crippen LogP) is 4.49. The molecular weight excluding hydrogens is 595 g/mol. The molecule has 0 aliphatic carbocycles. The van der Waals surface area contributed by atoms with E-state index in [1.165, 1.54) is 17.4 Å². The second-order valence-corrected chi connectivity index (χ2v) is 12.2. The van der Waals surface area contributed by atoms with Crippen molar-refractivity contribution in [3.05, 3.63) is 94.7 Å². The summed E-state index contributed by atoms with van der Waals surface area (Å²) in [6.45, 7) is 3.02. The van der Waals surface area contributed by atoms with Crippen molar-refractivity contribution in [2.24, 2.45) is 0 Å². The number of aromatic nitrogens is 1. The standard InChI is InChI=1S/C33H35FN6O4S/c1-2-3-15-38-20-29(42)39-27(16-22-9-12-25(41)13-10-22)32(43)37(18-24-11-14-26(34)31-30(24)36-21-45-31)19-28(39)40(38)33(44)35-17-23-7-5-4-6-8-23/h4-14,21,27-28,41H,2-3,15-20H2,1H3,(H,35,44)/t27-,28-/m0/s1. The van der Waals surface area contributed by atoms with Crippen LogP contribution in [0.3, 0.4) is 0 Å². The molecular formula is C33H35FN6O4S. The van der Waals surface area contributed by atoms with Crippen molar-refractivity contribution in [1.29, 1.82) is 0 Å². The van der Waals surface area contributed by atoms with E-state index < -0.39 is 12.2 Å². The summed E-state index contributed by atoms with van der Waals surface area (Å²) in [6.07, 6.45) is 1.08. The lowest BCUT2D eigenvalue weighted by Crippen LogP contribution is -2.76. The quantitative estimate of drug-likeness (QED) is 0.282. The molecule has 3 aromatic carbocycles. The first-order chi connectivity index (χ1) is 21.8. The average Bonchev–Trinajstić information content (AvgIpc) is 3.55. The summed E-state index contributed by atoms with van der Waals surface area (Å²) in [6, 6.07) is 17.9. The molecule has 2 fully saturated rings. The van der Waals surface area contributed by atoms with E-state index in [0.717, 1.165) is 24.0 Å². The number of rotatable bonds is 9. The van der Waals surface area contributed by atoms with Crippen molar-refractivity contribution < 1.29 is 23.9 Å². The number of nitrogens with zero attached hydrogens (tertiary/aromatic N) is 5. The SMILES string of the molecule is CCCCN1CC(=O)N2[C@@H](Cc3ccc(O)cc3)C(=O)N(Cc3ccc(F)c4scnc34)C[C@@H]2N1C(=O)NCc1ccccc1. The van der Waals surface area contributed by atoms with Gasteiger partial charge in [-0.15, -0.1) is 11.3 Å². The van der Waals surface area contributed by atoms with Gasteiger partial charge in [-0.05, 0) is 41.3 Å². The third-order valence-corrected chi connectivity index (χ3v) is 9.18. The number of halogens is 1. The summed E-state index contributed by atoms with van der Waals surface area (Å²) in [5.74, 6) is -0.780. The van der Waals surface area contributed by atoms with Crippen LogP contribution in [0, 0.1) is 5.82 Å². The zero-order chi connectivity index (χ0) is 31.5. The van der Waals surface area contributed by atoms with Gasteiger partial charge in [-0.2, -0.15) is 0 Å². The van der Waals surface area contributed by atoms with E-state index in [0.29, 0.717) is 28.9 Å². The predicted molar refractivity (Wildman–Crippen MR) is 168 cm³/mol. The molecule has 6 rings (SSSR count). The number of piperazine rings is 1. The van der Waals surface area contributed by atoms with Gasteiger partial charge in [0.1, 0.15) is 23.8 Å². The topological polar surface area (TPSA) is 109 Å². The maximum atomic E-state index is 14.5. The Morgan fingerprint density at radius 3 is 2.60 bits per heavy atom. The Kier molecular flexibility index (Phi) is 8.95. The van der Waals surface area contributed by atoms with Crippen LogP contribution >= 0.6 is 11.3 Å². The molecule has 1 aromatic heterocycles. The highest BCUT2D eigenvalue weighted by Crippen LogP contribution is 2.32. The van der Waals surface area contributed by atoms with Gasteiger partial charge in [0.25, 0.3) is 0 Å². The molecule has 0 radical (unpaired) electrons. The molecule has 4 amide bonds. The van der Waals surface area contributed by atoms with E-state index in [-0.39, 0.29) is 55.5 Å². The fraction of sp³-hybridized carbons (Fsp3) is 0.333. The van der Waals surface area contributed by atoms with Crippen LogP contribution in [0.2, 0.25) is 0 Å². The van der Waals surface area contributed by atoms with E-state index in [2.05, 4.69) is 17.2 Å². The minimum Gasteiger partial charge on any atom is -0.508 e. The summed E-state index contributed by atoms with van der Waals surface area (Å²) in [4.78, 5) is 49.7. The summed E-state index contributed by atoms with van der Waals surface area (Å²) in [5.41, 5.74) is 4.45. The van der Waals surface area contributed by atoms with Crippen molar-refractivity contribution in [3.63, 3.8) is 0 Å². The lowest BCUT2D eigenvalue weighted by atomic mass is 9.98. The lowest BCUT2D eigenvalue weighted by molar-refractivity contribution is -0.191. The number of unbranched alkanes of at least 4 members (excludes halogenated alkanes) is 1. The Morgan fingerprint density at radius 2 is 1.84 bits per heavy atom. The van der Waals surface area contributed by atoms with Gasteiger partial charge in [-0.1, -0.05) is 61.9 Å². The fourth-order valence-corrected chi connectivity index (χ4v) is 6.82. The van der Waals surface area contributed by atoms with Gasteiger partial charge < -0.3 is 20.2 Å². The Labute approximate surface area is 264 Å². The number of fused-ring (bicyclic) bond motifs is 2. The number of carbonyl (C=O) groups is 3. The number of urea groups is 1.